The largest absolute Gasteiger partial charge is 0.478 e. The summed E-state index contributed by atoms with van der Waals surface area (Å²) in [5, 5.41) is 17.7. The Morgan fingerprint density at radius 3 is 2.23 bits per heavy atom. The van der Waals surface area contributed by atoms with Gasteiger partial charge >= 0.3 is 5.97 Å². The molecule has 0 fully saturated rings. The van der Waals surface area contributed by atoms with E-state index in [0.29, 0.717) is 17.6 Å². The summed E-state index contributed by atoms with van der Waals surface area (Å²) in [5.74, 6) is -1.02. The third-order valence-electron chi connectivity index (χ3n) is 1.54. The number of hydrogen-bond donors (Lipinski definition) is 3. The standard InChI is InChI=1S/C8H8O4S/c9-7(10)5-1-3-6(4-2-5)8(11)13-12/h1-4,8,11-12H,(H,9,10). The Labute approximate surface area is 79.0 Å². The van der Waals surface area contributed by atoms with Gasteiger partial charge in [0.25, 0.3) is 0 Å². The van der Waals surface area contributed by atoms with Gasteiger partial charge in [-0.05, 0) is 17.7 Å². The van der Waals surface area contributed by atoms with Crippen LogP contribution >= 0.6 is 12.0 Å². The Morgan fingerprint density at radius 2 is 1.85 bits per heavy atom. The molecule has 1 rings (SSSR count). The number of aliphatic hydroxyl groups is 1. The predicted octanol–water partition coefficient (Wildman–Crippen LogP) is 1.58. The first-order chi connectivity index (χ1) is 6.15. The minimum atomic E-state index is -1.03. The molecule has 0 amide bonds. The van der Waals surface area contributed by atoms with Crippen molar-refractivity contribution in [1.29, 1.82) is 0 Å². The van der Waals surface area contributed by atoms with Crippen LogP contribution in [0, 0.1) is 0 Å². The Kier molecular flexibility index (Phi) is 3.30. The highest BCUT2D eigenvalue weighted by molar-refractivity contribution is 7.93. The molecule has 13 heavy (non-hydrogen) atoms. The van der Waals surface area contributed by atoms with Gasteiger partial charge in [0, 0.05) is 12.0 Å². The van der Waals surface area contributed by atoms with Gasteiger partial charge in [0.1, 0.15) is 5.44 Å². The van der Waals surface area contributed by atoms with Crippen molar-refractivity contribution in [3.8, 4) is 0 Å². The number of carboxylic acids is 1. The molecule has 0 bridgehead atoms. The van der Waals surface area contributed by atoms with Gasteiger partial charge in [-0.2, -0.15) is 0 Å². The summed E-state index contributed by atoms with van der Waals surface area (Å²) in [4.78, 5) is 10.4. The number of rotatable bonds is 3. The van der Waals surface area contributed by atoms with Crippen molar-refractivity contribution in [2.24, 2.45) is 0 Å². The molecule has 0 heterocycles. The molecule has 0 saturated heterocycles. The average molecular weight is 200 g/mol. The zero-order chi connectivity index (χ0) is 9.84. The lowest BCUT2D eigenvalue weighted by Gasteiger charge is -2.05. The second-order valence-electron chi connectivity index (χ2n) is 2.38. The highest BCUT2D eigenvalue weighted by atomic mass is 32.2. The first-order valence-corrected chi connectivity index (χ1v) is 4.30. The van der Waals surface area contributed by atoms with Crippen molar-refractivity contribution in [2.45, 2.75) is 5.44 Å². The van der Waals surface area contributed by atoms with Crippen LogP contribution in [0.25, 0.3) is 0 Å². The van der Waals surface area contributed by atoms with E-state index in [2.05, 4.69) is 0 Å². The maximum atomic E-state index is 10.4. The van der Waals surface area contributed by atoms with Crippen molar-refractivity contribution in [3.63, 3.8) is 0 Å². The molecule has 0 aliphatic carbocycles. The fourth-order valence-electron chi connectivity index (χ4n) is 0.851. The maximum absolute atomic E-state index is 10.4. The number of hydrogen-bond acceptors (Lipinski definition) is 4. The van der Waals surface area contributed by atoms with Gasteiger partial charge < -0.3 is 14.8 Å². The number of carboxylic acid groups (broad SMARTS) is 1. The minimum Gasteiger partial charge on any atom is -0.478 e. The van der Waals surface area contributed by atoms with E-state index in [4.69, 9.17) is 14.8 Å². The zero-order valence-corrected chi connectivity index (χ0v) is 7.36. The molecule has 5 heteroatoms. The van der Waals surface area contributed by atoms with Gasteiger partial charge in [0.2, 0.25) is 0 Å². The first kappa shape index (κ1) is 10.0. The van der Waals surface area contributed by atoms with E-state index in [1.165, 1.54) is 24.3 Å². The summed E-state index contributed by atoms with van der Waals surface area (Å²) < 4.78 is 8.52. The highest BCUT2D eigenvalue weighted by Crippen LogP contribution is 2.22. The predicted molar refractivity (Wildman–Crippen MR) is 48.6 cm³/mol. The van der Waals surface area contributed by atoms with Crippen molar-refractivity contribution in [2.75, 3.05) is 0 Å². The Bertz CT molecular complexity index is 296. The van der Waals surface area contributed by atoms with Crippen LogP contribution in [0.5, 0.6) is 0 Å². The van der Waals surface area contributed by atoms with E-state index in [1.54, 1.807) is 0 Å². The summed E-state index contributed by atoms with van der Waals surface area (Å²) in [6.07, 6.45) is 0. The van der Waals surface area contributed by atoms with Gasteiger partial charge in [0.05, 0.1) is 5.56 Å². The molecule has 0 aliphatic rings. The van der Waals surface area contributed by atoms with E-state index in [-0.39, 0.29) is 5.56 Å². The lowest BCUT2D eigenvalue weighted by atomic mass is 10.1. The second kappa shape index (κ2) is 4.27. The molecule has 0 aromatic heterocycles. The fraction of sp³-hybridized carbons (Fsp3) is 0.125. The van der Waals surface area contributed by atoms with Gasteiger partial charge in [-0.1, -0.05) is 12.1 Å². The smallest absolute Gasteiger partial charge is 0.335 e. The SMILES string of the molecule is O=C(O)c1ccc(C(O)SO)cc1. The van der Waals surface area contributed by atoms with Crippen molar-refractivity contribution in [3.05, 3.63) is 35.4 Å². The van der Waals surface area contributed by atoms with Gasteiger partial charge in [0.15, 0.2) is 0 Å². The average Bonchev–Trinajstić information content (AvgIpc) is 2.17. The Hall–Kier alpha value is -1.04. The number of benzene rings is 1. The first-order valence-electron chi connectivity index (χ1n) is 3.46. The van der Waals surface area contributed by atoms with Crippen LogP contribution in [0.1, 0.15) is 21.4 Å². The van der Waals surface area contributed by atoms with Crippen LogP contribution in [0.3, 0.4) is 0 Å². The summed E-state index contributed by atoms with van der Waals surface area (Å²) in [6, 6.07) is 5.66. The lowest BCUT2D eigenvalue weighted by Crippen LogP contribution is -1.97. The van der Waals surface area contributed by atoms with Crippen LogP contribution in [-0.2, 0) is 0 Å². The van der Waals surface area contributed by atoms with Crippen LogP contribution < -0.4 is 0 Å². The van der Waals surface area contributed by atoms with Crippen LogP contribution in [0.4, 0.5) is 0 Å². The van der Waals surface area contributed by atoms with E-state index < -0.39 is 11.4 Å². The van der Waals surface area contributed by atoms with Crippen molar-refractivity contribution >= 4 is 18.0 Å². The van der Waals surface area contributed by atoms with E-state index >= 15 is 0 Å². The third-order valence-corrected chi connectivity index (χ3v) is 2.01. The quantitative estimate of drug-likeness (QED) is 0.510. The molecule has 0 aliphatic heterocycles. The molecular formula is C8H8O4S. The molecule has 1 unspecified atom stereocenters. The fourth-order valence-corrected chi connectivity index (χ4v) is 1.13. The van der Waals surface area contributed by atoms with Gasteiger partial charge in [-0.25, -0.2) is 4.79 Å². The molecule has 1 atom stereocenters. The second-order valence-corrected chi connectivity index (χ2v) is 3.04. The molecule has 0 radical (unpaired) electrons. The van der Waals surface area contributed by atoms with Crippen LogP contribution in [0.2, 0.25) is 0 Å². The topological polar surface area (TPSA) is 77.8 Å². The normalized spacial score (nSPS) is 12.5. The lowest BCUT2D eigenvalue weighted by molar-refractivity contribution is 0.0697. The summed E-state index contributed by atoms with van der Waals surface area (Å²) >= 11 is 0.300. The Morgan fingerprint density at radius 1 is 1.31 bits per heavy atom. The summed E-state index contributed by atoms with van der Waals surface area (Å²) in [7, 11) is 0. The highest BCUT2D eigenvalue weighted by Gasteiger charge is 2.07. The maximum Gasteiger partial charge on any atom is 0.335 e. The number of aromatic carboxylic acids is 1. The van der Waals surface area contributed by atoms with Crippen molar-refractivity contribution < 1.29 is 19.6 Å². The molecule has 1 aromatic rings. The molecular weight excluding hydrogens is 192 g/mol. The minimum absolute atomic E-state index is 0.152. The van der Waals surface area contributed by atoms with Gasteiger partial charge in [-0.15, -0.1) is 0 Å². The van der Waals surface area contributed by atoms with Gasteiger partial charge in [-0.3, -0.25) is 0 Å². The Balaban J connectivity index is 2.87. The summed E-state index contributed by atoms with van der Waals surface area (Å²) in [5.41, 5.74) is -0.403. The molecule has 4 nitrogen and oxygen atoms in total. The monoisotopic (exact) mass is 200 g/mol. The molecule has 3 N–H and O–H groups in total. The number of carbonyl (C=O) groups is 1. The molecule has 1 aromatic carbocycles. The zero-order valence-electron chi connectivity index (χ0n) is 6.54. The van der Waals surface area contributed by atoms with E-state index in [9.17, 15) is 4.79 Å². The van der Waals surface area contributed by atoms with Crippen LogP contribution in [0.15, 0.2) is 24.3 Å². The molecule has 70 valence electrons. The van der Waals surface area contributed by atoms with Crippen molar-refractivity contribution in [1.82, 2.24) is 0 Å². The summed E-state index contributed by atoms with van der Waals surface area (Å²) in [6.45, 7) is 0. The molecule has 0 spiro atoms. The van der Waals surface area contributed by atoms with Crippen LogP contribution in [-0.4, -0.2) is 20.7 Å². The third kappa shape index (κ3) is 2.45. The van der Waals surface area contributed by atoms with E-state index in [1.807, 2.05) is 0 Å². The number of aliphatic hydroxyl groups excluding tert-OH is 1. The van der Waals surface area contributed by atoms with E-state index in [0.717, 1.165) is 0 Å². The molecule has 0 saturated carbocycles.